The first-order valence-corrected chi connectivity index (χ1v) is 4.31. The summed E-state index contributed by atoms with van der Waals surface area (Å²) in [6, 6.07) is 7.85. The fourth-order valence-corrected chi connectivity index (χ4v) is 1.13. The van der Waals surface area contributed by atoms with Crippen LogP contribution >= 0.6 is 22.6 Å². The summed E-state index contributed by atoms with van der Waals surface area (Å²) in [6.45, 7) is 3.83. The Morgan fingerprint density at radius 1 is 1.36 bits per heavy atom. The number of hydrogen-bond acceptors (Lipinski definition) is 1. The fourth-order valence-electron chi connectivity index (χ4n) is 0.772. The second-order valence-electron chi connectivity index (χ2n) is 2.13. The third kappa shape index (κ3) is 2.22. The van der Waals surface area contributed by atoms with Crippen molar-refractivity contribution in [3.63, 3.8) is 0 Å². The van der Waals surface area contributed by atoms with E-state index in [1.165, 1.54) is 0 Å². The van der Waals surface area contributed by atoms with Crippen LogP contribution in [0, 0.1) is 0 Å². The molecule has 0 N–H and O–H groups in total. The molecule has 0 saturated heterocycles. The highest BCUT2D eigenvalue weighted by Crippen LogP contribution is 2.21. The molecule has 0 saturated carbocycles. The molecule has 0 bridgehead atoms. The standard InChI is InChI=1S/C9H9IO/c1-7(10)8-3-5-9(11-2)6-4-8/h3-6H,1H2,2H3. The summed E-state index contributed by atoms with van der Waals surface area (Å²) in [4.78, 5) is 0. The van der Waals surface area contributed by atoms with Crippen molar-refractivity contribution in [2.24, 2.45) is 0 Å². The Bertz CT molecular complexity index is 251. The molecule has 1 aromatic carbocycles. The summed E-state index contributed by atoms with van der Waals surface area (Å²) in [6.07, 6.45) is 0. The first-order valence-electron chi connectivity index (χ1n) is 3.23. The lowest BCUT2D eigenvalue weighted by Gasteiger charge is -2.00. The minimum atomic E-state index is 0.881. The predicted octanol–water partition coefficient (Wildman–Crippen LogP) is 3.10. The maximum atomic E-state index is 5.02. The largest absolute Gasteiger partial charge is 0.497 e. The summed E-state index contributed by atoms with van der Waals surface area (Å²) in [5.74, 6) is 0.881. The van der Waals surface area contributed by atoms with E-state index >= 15 is 0 Å². The van der Waals surface area contributed by atoms with Crippen molar-refractivity contribution in [1.29, 1.82) is 0 Å². The predicted molar refractivity (Wildman–Crippen MR) is 56.0 cm³/mol. The van der Waals surface area contributed by atoms with Gasteiger partial charge < -0.3 is 4.74 Å². The molecule has 0 aromatic heterocycles. The SMILES string of the molecule is C=C(I)c1ccc(OC)cc1. The van der Waals surface area contributed by atoms with Gasteiger partial charge >= 0.3 is 0 Å². The van der Waals surface area contributed by atoms with Crippen LogP contribution in [-0.2, 0) is 0 Å². The van der Waals surface area contributed by atoms with Crippen molar-refractivity contribution >= 4 is 26.2 Å². The normalized spacial score (nSPS) is 9.27. The molecule has 0 radical (unpaired) electrons. The summed E-state index contributed by atoms with van der Waals surface area (Å²) in [7, 11) is 1.66. The average molecular weight is 260 g/mol. The van der Waals surface area contributed by atoms with Gasteiger partial charge in [0.1, 0.15) is 5.75 Å². The first-order chi connectivity index (χ1) is 5.24. The molecule has 2 heteroatoms. The number of benzene rings is 1. The van der Waals surface area contributed by atoms with Crippen LogP contribution in [0.5, 0.6) is 5.75 Å². The smallest absolute Gasteiger partial charge is 0.118 e. The maximum Gasteiger partial charge on any atom is 0.118 e. The van der Waals surface area contributed by atoms with Gasteiger partial charge in [-0.1, -0.05) is 18.7 Å². The van der Waals surface area contributed by atoms with E-state index < -0.39 is 0 Å². The second-order valence-corrected chi connectivity index (χ2v) is 3.44. The zero-order valence-corrected chi connectivity index (χ0v) is 8.46. The van der Waals surface area contributed by atoms with Crippen LogP contribution in [0.3, 0.4) is 0 Å². The number of ether oxygens (including phenoxy) is 1. The molecule has 0 fully saturated rings. The monoisotopic (exact) mass is 260 g/mol. The van der Waals surface area contributed by atoms with E-state index in [0.717, 1.165) is 14.9 Å². The quantitative estimate of drug-likeness (QED) is 0.742. The van der Waals surface area contributed by atoms with Gasteiger partial charge in [0.2, 0.25) is 0 Å². The molecule has 0 heterocycles. The van der Waals surface area contributed by atoms with E-state index in [1.54, 1.807) is 7.11 Å². The topological polar surface area (TPSA) is 9.23 Å². The molecule has 58 valence electrons. The van der Waals surface area contributed by atoms with Gasteiger partial charge in [0.25, 0.3) is 0 Å². The Labute approximate surface area is 80.2 Å². The molecule has 0 aliphatic heterocycles. The molecule has 1 rings (SSSR count). The van der Waals surface area contributed by atoms with Crippen molar-refractivity contribution < 1.29 is 4.74 Å². The molecule has 0 aliphatic rings. The lowest BCUT2D eigenvalue weighted by molar-refractivity contribution is 0.415. The second kappa shape index (κ2) is 3.76. The third-order valence-corrected chi connectivity index (χ3v) is 2.03. The molecule has 1 nitrogen and oxygen atoms in total. The van der Waals surface area contributed by atoms with Crippen LogP contribution in [0.4, 0.5) is 0 Å². The van der Waals surface area contributed by atoms with E-state index in [2.05, 4.69) is 29.2 Å². The van der Waals surface area contributed by atoms with Crippen molar-refractivity contribution in [2.45, 2.75) is 0 Å². The number of methoxy groups -OCH3 is 1. The van der Waals surface area contributed by atoms with Gasteiger partial charge in [-0.2, -0.15) is 0 Å². The minimum Gasteiger partial charge on any atom is -0.497 e. The van der Waals surface area contributed by atoms with Gasteiger partial charge in [-0.05, 0) is 40.3 Å². The van der Waals surface area contributed by atoms with E-state index in [1.807, 2.05) is 24.3 Å². The zero-order chi connectivity index (χ0) is 8.27. The van der Waals surface area contributed by atoms with Crippen LogP contribution in [-0.4, -0.2) is 7.11 Å². The van der Waals surface area contributed by atoms with Crippen LogP contribution < -0.4 is 4.74 Å². The van der Waals surface area contributed by atoms with Crippen LogP contribution in [0.25, 0.3) is 3.58 Å². The lowest BCUT2D eigenvalue weighted by Crippen LogP contribution is -1.81. The van der Waals surface area contributed by atoms with Gasteiger partial charge in [-0.3, -0.25) is 0 Å². The number of hydrogen-bond donors (Lipinski definition) is 0. The maximum absolute atomic E-state index is 5.02. The van der Waals surface area contributed by atoms with Crippen LogP contribution in [0.15, 0.2) is 30.8 Å². The fraction of sp³-hybridized carbons (Fsp3) is 0.111. The lowest BCUT2D eigenvalue weighted by atomic mass is 10.2. The molecule has 0 spiro atoms. The molecule has 0 unspecified atom stereocenters. The van der Waals surface area contributed by atoms with E-state index in [4.69, 9.17) is 4.74 Å². The molecular formula is C9H9IO. The van der Waals surface area contributed by atoms with Crippen molar-refractivity contribution in [3.05, 3.63) is 36.4 Å². The van der Waals surface area contributed by atoms with E-state index in [9.17, 15) is 0 Å². The molecule has 11 heavy (non-hydrogen) atoms. The van der Waals surface area contributed by atoms with E-state index in [-0.39, 0.29) is 0 Å². The Morgan fingerprint density at radius 3 is 2.27 bits per heavy atom. The zero-order valence-electron chi connectivity index (χ0n) is 6.30. The Kier molecular flexibility index (Phi) is 2.93. The molecule has 1 aromatic rings. The van der Waals surface area contributed by atoms with Gasteiger partial charge in [0.15, 0.2) is 0 Å². The van der Waals surface area contributed by atoms with Gasteiger partial charge in [0, 0.05) is 3.58 Å². The average Bonchev–Trinajstić information content (AvgIpc) is 2.05. The van der Waals surface area contributed by atoms with E-state index in [0.29, 0.717) is 0 Å². The number of halogens is 1. The molecule has 0 amide bonds. The van der Waals surface area contributed by atoms with Gasteiger partial charge in [-0.15, -0.1) is 0 Å². The first kappa shape index (κ1) is 8.59. The highest BCUT2D eigenvalue weighted by Gasteiger charge is 1.93. The molecular weight excluding hydrogens is 251 g/mol. The highest BCUT2D eigenvalue weighted by molar-refractivity contribution is 14.1. The Morgan fingerprint density at radius 2 is 1.91 bits per heavy atom. The van der Waals surface area contributed by atoms with Gasteiger partial charge in [0.05, 0.1) is 7.11 Å². The van der Waals surface area contributed by atoms with Crippen molar-refractivity contribution in [3.8, 4) is 5.75 Å². The van der Waals surface area contributed by atoms with Gasteiger partial charge in [-0.25, -0.2) is 0 Å². The Hall–Kier alpha value is -0.510. The Balaban J connectivity index is 2.91. The summed E-state index contributed by atoms with van der Waals surface area (Å²) in [5, 5.41) is 0. The summed E-state index contributed by atoms with van der Waals surface area (Å²) >= 11 is 2.20. The molecule has 0 aliphatic carbocycles. The third-order valence-electron chi connectivity index (χ3n) is 1.40. The minimum absolute atomic E-state index is 0.881. The van der Waals surface area contributed by atoms with Crippen molar-refractivity contribution in [1.82, 2.24) is 0 Å². The summed E-state index contributed by atoms with van der Waals surface area (Å²) in [5.41, 5.74) is 1.14. The number of rotatable bonds is 2. The van der Waals surface area contributed by atoms with Crippen molar-refractivity contribution in [2.75, 3.05) is 7.11 Å². The summed E-state index contributed by atoms with van der Waals surface area (Å²) < 4.78 is 6.06. The highest BCUT2D eigenvalue weighted by atomic mass is 127. The van der Waals surface area contributed by atoms with Crippen LogP contribution in [0.1, 0.15) is 5.56 Å². The van der Waals surface area contributed by atoms with Crippen LogP contribution in [0.2, 0.25) is 0 Å². The molecule has 0 atom stereocenters.